The largest absolute Gasteiger partial charge is 0.303 e. The molecule has 138 valence electrons. The molecule has 1 fully saturated rings. The van der Waals surface area contributed by atoms with Gasteiger partial charge in [0, 0.05) is 17.7 Å². The number of pyridine rings is 1. The quantitative estimate of drug-likeness (QED) is 0.411. The second-order valence-corrected chi connectivity index (χ2v) is 7.73. The summed E-state index contributed by atoms with van der Waals surface area (Å²) in [5.74, 6) is 0.897. The van der Waals surface area contributed by atoms with E-state index >= 15 is 0 Å². The number of unbranched alkanes of at least 4 members (excludes halogenated alkanes) is 3. The van der Waals surface area contributed by atoms with Crippen molar-refractivity contribution in [1.29, 1.82) is 0 Å². The Morgan fingerprint density at radius 3 is 2.35 bits per heavy atom. The molecule has 0 spiro atoms. The second kappa shape index (κ2) is 9.66. The lowest BCUT2D eigenvalue weighted by Gasteiger charge is -2.25. The number of benzene rings is 1. The number of hydrogen-bond acceptors (Lipinski definition) is 2. The average molecular weight is 350 g/mol. The van der Waals surface area contributed by atoms with E-state index in [1.807, 2.05) is 6.20 Å². The number of carbonyl (C=O) groups excluding carboxylic acids is 1. The normalized spacial score (nSPS) is 20.0. The molecule has 0 atom stereocenters. The summed E-state index contributed by atoms with van der Waals surface area (Å²) in [5, 5.41) is 0. The monoisotopic (exact) mass is 349 g/mol. The van der Waals surface area contributed by atoms with Gasteiger partial charge in [0.1, 0.15) is 6.29 Å². The Labute approximate surface area is 158 Å². The van der Waals surface area contributed by atoms with Gasteiger partial charge in [-0.25, -0.2) is 0 Å². The van der Waals surface area contributed by atoms with Gasteiger partial charge < -0.3 is 4.79 Å². The summed E-state index contributed by atoms with van der Waals surface area (Å²) >= 11 is 0. The molecule has 0 unspecified atom stereocenters. The maximum Gasteiger partial charge on any atom is 0.123 e. The standard InChI is InChI=1S/C24H31NO/c1-2-3-4-5-6-19-9-16-24(25-17-19)23-14-12-22(13-15-23)21-10-7-20(18-26)8-11-21/h9,12-18,20-21H,2-8,10-11H2,1H3. The molecule has 1 heterocycles. The number of aryl methyl sites for hydroxylation is 1. The van der Waals surface area contributed by atoms with Crippen LogP contribution in [0.3, 0.4) is 0 Å². The van der Waals surface area contributed by atoms with Gasteiger partial charge in [-0.3, -0.25) is 4.98 Å². The number of aromatic nitrogens is 1. The zero-order valence-electron chi connectivity index (χ0n) is 16.0. The summed E-state index contributed by atoms with van der Waals surface area (Å²) < 4.78 is 0. The van der Waals surface area contributed by atoms with Gasteiger partial charge in [-0.2, -0.15) is 0 Å². The minimum Gasteiger partial charge on any atom is -0.303 e. The first kappa shape index (κ1) is 18.8. The van der Waals surface area contributed by atoms with E-state index in [9.17, 15) is 4.79 Å². The fraction of sp³-hybridized carbons (Fsp3) is 0.500. The molecule has 1 aliphatic rings. The fourth-order valence-electron chi connectivity index (χ4n) is 4.01. The molecule has 3 rings (SSSR count). The first-order valence-electron chi connectivity index (χ1n) is 10.3. The van der Waals surface area contributed by atoms with Crippen molar-refractivity contribution >= 4 is 6.29 Å². The minimum atomic E-state index is 0.287. The lowest BCUT2D eigenvalue weighted by molar-refractivity contribution is -0.111. The van der Waals surface area contributed by atoms with Crippen molar-refractivity contribution in [3.63, 3.8) is 0 Å². The zero-order valence-corrected chi connectivity index (χ0v) is 16.0. The number of carbonyl (C=O) groups is 1. The predicted molar refractivity (Wildman–Crippen MR) is 108 cm³/mol. The highest BCUT2D eigenvalue weighted by molar-refractivity contribution is 5.59. The van der Waals surface area contributed by atoms with Crippen LogP contribution in [0.15, 0.2) is 42.6 Å². The Balaban J connectivity index is 1.57. The molecule has 2 heteroatoms. The maximum absolute atomic E-state index is 10.9. The lowest BCUT2D eigenvalue weighted by atomic mass is 9.79. The van der Waals surface area contributed by atoms with Gasteiger partial charge in [0.25, 0.3) is 0 Å². The van der Waals surface area contributed by atoms with E-state index in [4.69, 9.17) is 0 Å². The van der Waals surface area contributed by atoms with E-state index in [0.717, 1.165) is 44.1 Å². The molecule has 26 heavy (non-hydrogen) atoms. The molecular weight excluding hydrogens is 318 g/mol. The van der Waals surface area contributed by atoms with E-state index in [2.05, 4.69) is 48.3 Å². The van der Waals surface area contributed by atoms with Crippen LogP contribution in [0.2, 0.25) is 0 Å². The smallest absolute Gasteiger partial charge is 0.123 e. The van der Waals surface area contributed by atoms with Crippen LogP contribution in [0.25, 0.3) is 11.3 Å². The second-order valence-electron chi connectivity index (χ2n) is 7.73. The fourth-order valence-corrected chi connectivity index (χ4v) is 4.01. The Hall–Kier alpha value is -1.96. The summed E-state index contributed by atoms with van der Waals surface area (Å²) in [6, 6.07) is 13.3. The molecule has 0 saturated heterocycles. The highest BCUT2D eigenvalue weighted by atomic mass is 16.1. The van der Waals surface area contributed by atoms with Crippen LogP contribution in [-0.2, 0) is 11.2 Å². The van der Waals surface area contributed by atoms with Crippen molar-refractivity contribution in [3.05, 3.63) is 53.7 Å². The average Bonchev–Trinajstić information content (AvgIpc) is 2.72. The highest BCUT2D eigenvalue weighted by Gasteiger charge is 2.21. The summed E-state index contributed by atoms with van der Waals surface area (Å²) in [6.07, 6.45) is 13.8. The first-order valence-corrected chi connectivity index (χ1v) is 10.3. The third-order valence-corrected chi connectivity index (χ3v) is 5.79. The molecule has 0 bridgehead atoms. The molecule has 1 aliphatic carbocycles. The van der Waals surface area contributed by atoms with E-state index < -0.39 is 0 Å². The molecule has 2 aromatic rings. The van der Waals surface area contributed by atoms with Crippen LogP contribution >= 0.6 is 0 Å². The molecular formula is C24H31NO. The molecule has 0 aliphatic heterocycles. The van der Waals surface area contributed by atoms with Crippen molar-refractivity contribution in [2.75, 3.05) is 0 Å². The molecule has 1 aromatic heterocycles. The zero-order chi connectivity index (χ0) is 18.2. The van der Waals surface area contributed by atoms with Gasteiger partial charge in [0.15, 0.2) is 0 Å². The van der Waals surface area contributed by atoms with Gasteiger partial charge in [-0.1, -0.05) is 56.5 Å². The van der Waals surface area contributed by atoms with Crippen molar-refractivity contribution in [3.8, 4) is 11.3 Å². The maximum atomic E-state index is 10.9. The van der Waals surface area contributed by atoms with E-state index in [1.54, 1.807) is 0 Å². The SMILES string of the molecule is CCCCCCc1ccc(-c2ccc(C3CCC(C=O)CC3)cc2)nc1. The Kier molecular flexibility index (Phi) is 6.99. The van der Waals surface area contributed by atoms with Crippen molar-refractivity contribution < 1.29 is 4.79 Å². The summed E-state index contributed by atoms with van der Waals surface area (Å²) in [5.41, 5.74) is 4.99. The number of aldehydes is 1. The number of nitrogens with zero attached hydrogens (tertiary/aromatic N) is 1. The number of rotatable bonds is 8. The summed E-state index contributed by atoms with van der Waals surface area (Å²) in [6.45, 7) is 2.25. The van der Waals surface area contributed by atoms with Crippen molar-refractivity contribution in [2.45, 2.75) is 70.6 Å². The Morgan fingerprint density at radius 1 is 0.962 bits per heavy atom. The van der Waals surface area contributed by atoms with Crippen molar-refractivity contribution in [2.24, 2.45) is 5.92 Å². The minimum absolute atomic E-state index is 0.287. The van der Waals surface area contributed by atoms with E-state index in [-0.39, 0.29) is 5.92 Å². The molecule has 0 amide bonds. The molecule has 0 N–H and O–H groups in total. The lowest BCUT2D eigenvalue weighted by Crippen LogP contribution is -2.14. The third kappa shape index (κ3) is 5.03. The van der Waals surface area contributed by atoms with Crippen LogP contribution in [0.1, 0.15) is 75.3 Å². The Bertz CT molecular complexity index is 666. The molecule has 1 saturated carbocycles. The van der Waals surface area contributed by atoms with Crippen LogP contribution in [0, 0.1) is 5.92 Å². The van der Waals surface area contributed by atoms with Crippen LogP contribution in [0.5, 0.6) is 0 Å². The van der Waals surface area contributed by atoms with Crippen LogP contribution < -0.4 is 0 Å². The molecule has 0 radical (unpaired) electrons. The van der Waals surface area contributed by atoms with Gasteiger partial charge >= 0.3 is 0 Å². The van der Waals surface area contributed by atoms with Crippen molar-refractivity contribution in [1.82, 2.24) is 4.98 Å². The molecule has 2 nitrogen and oxygen atoms in total. The molecule has 1 aromatic carbocycles. The van der Waals surface area contributed by atoms with Gasteiger partial charge in [0.05, 0.1) is 5.69 Å². The highest BCUT2D eigenvalue weighted by Crippen LogP contribution is 2.35. The van der Waals surface area contributed by atoms with Crippen LogP contribution in [0.4, 0.5) is 0 Å². The van der Waals surface area contributed by atoms with Crippen LogP contribution in [-0.4, -0.2) is 11.3 Å². The van der Waals surface area contributed by atoms with E-state index in [0.29, 0.717) is 5.92 Å². The first-order chi connectivity index (χ1) is 12.8. The van der Waals surface area contributed by atoms with Gasteiger partial charge in [0.2, 0.25) is 0 Å². The summed E-state index contributed by atoms with van der Waals surface area (Å²) in [7, 11) is 0. The van der Waals surface area contributed by atoms with Gasteiger partial charge in [-0.15, -0.1) is 0 Å². The number of hydrogen-bond donors (Lipinski definition) is 0. The predicted octanol–water partition coefficient (Wildman–Crippen LogP) is 6.34. The van der Waals surface area contributed by atoms with E-state index in [1.165, 1.54) is 42.4 Å². The third-order valence-electron chi connectivity index (χ3n) is 5.79. The Morgan fingerprint density at radius 2 is 1.73 bits per heavy atom. The van der Waals surface area contributed by atoms with Gasteiger partial charge in [-0.05, 0) is 61.6 Å². The summed E-state index contributed by atoms with van der Waals surface area (Å²) in [4.78, 5) is 15.6. The topological polar surface area (TPSA) is 30.0 Å².